The second kappa shape index (κ2) is 11.3. The summed E-state index contributed by atoms with van der Waals surface area (Å²) in [7, 11) is 0. The second-order valence-corrected chi connectivity index (χ2v) is 10.6. The van der Waals surface area contributed by atoms with Crippen molar-refractivity contribution in [2.45, 2.75) is 89.6 Å². The molecule has 0 aliphatic heterocycles. The first kappa shape index (κ1) is 25.2. The smallest absolute Gasteiger partial charge is 0.405 e. The van der Waals surface area contributed by atoms with Crippen molar-refractivity contribution in [2.75, 3.05) is 6.54 Å². The van der Waals surface area contributed by atoms with Gasteiger partial charge in [0.15, 0.2) is 0 Å². The molecule has 0 spiro atoms. The van der Waals surface area contributed by atoms with Crippen LogP contribution in [-0.2, 0) is 13.0 Å². The van der Waals surface area contributed by atoms with E-state index in [1.165, 1.54) is 81.4 Å². The molecule has 0 radical (unpaired) electrons. The summed E-state index contributed by atoms with van der Waals surface area (Å²) in [5.41, 5.74) is 3.65. The van der Waals surface area contributed by atoms with Crippen LogP contribution >= 0.6 is 0 Å². The Labute approximate surface area is 212 Å². The minimum absolute atomic E-state index is 0.161. The fraction of sp³-hybridized carbons (Fsp3) is 0.533. The Morgan fingerprint density at radius 2 is 1.61 bits per heavy atom. The highest BCUT2D eigenvalue weighted by Gasteiger charge is 2.32. The molecule has 36 heavy (non-hydrogen) atoms. The Morgan fingerprint density at radius 3 is 2.36 bits per heavy atom. The Morgan fingerprint density at radius 1 is 0.889 bits per heavy atom. The summed E-state index contributed by atoms with van der Waals surface area (Å²) < 4.78 is 45.9. The Balaban J connectivity index is 1.44. The van der Waals surface area contributed by atoms with Crippen LogP contribution in [0.4, 0.5) is 13.2 Å². The number of benzene rings is 2. The van der Waals surface area contributed by atoms with E-state index in [1.807, 2.05) is 6.07 Å². The zero-order chi connectivity index (χ0) is 25.0. The predicted octanol–water partition coefficient (Wildman–Crippen LogP) is 8.25. The maximum atomic E-state index is 13.0. The third-order valence-electron chi connectivity index (χ3n) is 8.00. The van der Waals surface area contributed by atoms with E-state index in [2.05, 4.69) is 33.0 Å². The topological polar surface area (TPSA) is 26.2 Å². The molecular formula is C30H37F3N2O. The molecule has 194 valence electrons. The van der Waals surface area contributed by atoms with Gasteiger partial charge < -0.3 is 14.6 Å². The number of halogens is 3. The molecular weight excluding hydrogens is 461 g/mol. The summed E-state index contributed by atoms with van der Waals surface area (Å²) in [4.78, 5) is 0. The van der Waals surface area contributed by atoms with E-state index in [1.54, 1.807) is 18.2 Å². The number of aromatic nitrogens is 1. The van der Waals surface area contributed by atoms with Crippen LogP contribution in [0.15, 0.2) is 48.7 Å². The number of fused-ring (bicyclic) bond motifs is 1. The third-order valence-corrected chi connectivity index (χ3v) is 8.00. The number of nitrogens with zero attached hydrogens (tertiary/aromatic N) is 1. The number of nitrogens with one attached hydrogen (secondary N) is 1. The second-order valence-electron chi connectivity index (χ2n) is 10.6. The van der Waals surface area contributed by atoms with Gasteiger partial charge in [-0.1, -0.05) is 62.8 Å². The minimum atomic E-state index is -4.72. The Kier molecular flexibility index (Phi) is 7.90. The van der Waals surface area contributed by atoms with Gasteiger partial charge >= 0.3 is 6.36 Å². The molecule has 3 aromatic rings. The van der Waals surface area contributed by atoms with Gasteiger partial charge in [-0.05, 0) is 73.9 Å². The molecule has 2 aliphatic carbocycles. The lowest BCUT2D eigenvalue weighted by atomic mass is 9.89. The van der Waals surface area contributed by atoms with Crippen LogP contribution in [0.2, 0.25) is 0 Å². The molecule has 5 rings (SSSR count). The lowest BCUT2D eigenvalue weighted by Crippen LogP contribution is -2.32. The van der Waals surface area contributed by atoms with Gasteiger partial charge in [-0.15, -0.1) is 13.2 Å². The first-order valence-corrected chi connectivity index (χ1v) is 13.7. The quantitative estimate of drug-likeness (QED) is 0.338. The van der Waals surface area contributed by atoms with Crippen molar-refractivity contribution >= 4 is 10.9 Å². The van der Waals surface area contributed by atoms with Gasteiger partial charge in [-0.3, -0.25) is 0 Å². The van der Waals surface area contributed by atoms with Gasteiger partial charge in [0, 0.05) is 35.2 Å². The van der Waals surface area contributed by atoms with Crippen molar-refractivity contribution in [3.63, 3.8) is 0 Å². The summed E-state index contributed by atoms with van der Waals surface area (Å²) in [5.74, 6) is 0.537. The van der Waals surface area contributed by atoms with Gasteiger partial charge in [-0.2, -0.15) is 0 Å². The van der Waals surface area contributed by atoms with Crippen LogP contribution in [0.3, 0.4) is 0 Å². The van der Waals surface area contributed by atoms with Crippen molar-refractivity contribution < 1.29 is 17.9 Å². The molecule has 2 aromatic carbocycles. The van der Waals surface area contributed by atoms with Gasteiger partial charge in [0.25, 0.3) is 0 Å². The van der Waals surface area contributed by atoms with Crippen molar-refractivity contribution in [3.8, 4) is 16.9 Å². The fourth-order valence-corrected chi connectivity index (χ4v) is 6.17. The molecule has 0 saturated heterocycles. The largest absolute Gasteiger partial charge is 0.573 e. The van der Waals surface area contributed by atoms with E-state index in [-0.39, 0.29) is 5.75 Å². The van der Waals surface area contributed by atoms with Crippen LogP contribution in [-0.4, -0.2) is 23.5 Å². The molecule has 0 unspecified atom stereocenters. The average Bonchev–Trinajstić information content (AvgIpc) is 3.21. The molecule has 1 N–H and O–H groups in total. The van der Waals surface area contributed by atoms with Gasteiger partial charge in [0.05, 0.1) is 0 Å². The van der Waals surface area contributed by atoms with Crippen LogP contribution in [0.25, 0.3) is 22.0 Å². The molecule has 1 aromatic heterocycles. The SMILES string of the molecule is FC(F)(F)Oc1ccccc1-c1ccc2c(c1)c(CCNC1CCCCC1)cn2CC1CCCCC1. The molecule has 2 aliphatic rings. The zero-order valence-corrected chi connectivity index (χ0v) is 21.0. The van der Waals surface area contributed by atoms with E-state index < -0.39 is 6.36 Å². The zero-order valence-electron chi connectivity index (χ0n) is 21.0. The molecule has 2 fully saturated rings. The highest BCUT2D eigenvalue weighted by atomic mass is 19.4. The standard InChI is InChI=1S/C30H37F3N2O/c31-30(32,33)36-29-14-8-7-13-26(29)23-15-16-28-27(19-23)24(17-18-34-25-11-5-2-6-12-25)21-35(28)20-22-9-3-1-4-10-22/h7-8,13-16,19,21-22,25,34H,1-6,9-12,17-18,20H2. The third kappa shape index (κ3) is 6.26. The monoisotopic (exact) mass is 498 g/mol. The van der Waals surface area contributed by atoms with E-state index in [4.69, 9.17) is 0 Å². The first-order chi connectivity index (χ1) is 17.5. The average molecular weight is 499 g/mol. The molecule has 3 nitrogen and oxygen atoms in total. The van der Waals surface area contributed by atoms with Gasteiger partial charge in [0.2, 0.25) is 0 Å². The van der Waals surface area contributed by atoms with Gasteiger partial charge in [-0.25, -0.2) is 0 Å². The molecule has 1 heterocycles. The van der Waals surface area contributed by atoms with Crippen molar-refractivity contribution in [3.05, 3.63) is 54.2 Å². The van der Waals surface area contributed by atoms with Crippen molar-refractivity contribution in [2.24, 2.45) is 5.92 Å². The number of ether oxygens (including phenoxy) is 1. The lowest BCUT2D eigenvalue weighted by Gasteiger charge is -2.22. The molecule has 2 saturated carbocycles. The van der Waals surface area contributed by atoms with Crippen LogP contribution in [0.5, 0.6) is 5.75 Å². The maximum absolute atomic E-state index is 13.0. The maximum Gasteiger partial charge on any atom is 0.573 e. The molecule has 0 atom stereocenters. The number of alkyl halides is 3. The lowest BCUT2D eigenvalue weighted by molar-refractivity contribution is -0.274. The number of rotatable bonds is 8. The number of para-hydroxylation sites is 1. The van der Waals surface area contributed by atoms with E-state index in [0.29, 0.717) is 17.5 Å². The summed E-state index contributed by atoms with van der Waals surface area (Å²) in [6.45, 7) is 1.94. The Bertz CT molecular complexity index is 1140. The first-order valence-electron chi connectivity index (χ1n) is 13.7. The minimum Gasteiger partial charge on any atom is -0.405 e. The normalized spacial score (nSPS) is 18.1. The number of hydrogen-bond donors (Lipinski definition) is 1. The van der Waals surface area contributed by atoms with Crippen LogP contribution in [0, 0.1) is 5.92 Å². The van der Waals surface area contributed by atoms with E-state index in [0.717, 1.165) is 30.5 Å². The summed E-state index contributed by atoms with van der Waals surface area (Å²) in [6.07, 6.45) is 11.5. The summed E-state index contributed by atoms with van der Waals surface area (Å²) in [5, 5.41) is 4.89. The molecule has 0 amide bonds. The van der Waals surface area contributed by atoms with Gasteiger partial charge in [0.1, 0.15) is 5.75 Å². The fourth-order valence-electron chi connectivity index (χ4n) is 6.17. The molecule has 6 heteroatoms. The van der Waals surface area contributed by atoms with E-state index >= 15 is 0 Å². The highest BCUT2D eigenvalue weighted by Crippen LogP contribution is 2.37. The van der Waals surface area contributed by atoms with Crippen LogP contribution < -0.4 is 10.1 Å². The molecule has 0 bridgehead atoms. The predicted molar refractivity (Wildman–Crippen MR) is 139 cm³/mol. The Hall–Kier alpha value is -2.47. The summed E-state index contributed by atoms with van der Waals surface area (Å²) in [6, 6.07) is 13.1. The van der Waals surface area contributed by atoms with Crippen molar-refractivity contribution in [1.82, 2.24) is 9.88 Å². The van der Waals surface area contributed by atoms with Crippen LogP contribution in [0.1, 0.15) is 69.8 Å². The summed E-state index contributed by atoms with van der Waals surface area (Å²) >= 11 is 0. The van der Waals surface area contributed by atoms with Crippen molar-refractivity contribution in [1.29, 1.82) is 0 Å². The van der Waals surface area contributed by atoms with E-state index in [9.17, 15) is 13.2 Å². The highest BCUT2D eigenvalue weighted by molar-refractivity contribution is 5.89. The number of hydrogen-bond acceptors (Lipinski definition) is 2.